The van der Waals surface area contributed by atoms with Crippen molar-refractivity contribution in [1.29, 1.82) is 0 Å². The lowest BCUT2D eigenvalue weighted by molar-refractivity contribution is -0.0831. The van der Waals surface area contributed by atoms with Crippen molar-refractivity contribution >= 4 is 20.1 Å². The van der Waals surface area contributed by atoms with Crippen LogP contribution in [0.3, 0.4) is 0 Å². The average molecular weight is 651 g/mol. The van der Waals surface area contributed by atoms with Gasteiger partial charge >= 0.3 is 0 Å². The second-order valence-corrected chi connectivity index (χ2v) is 18.4. The Morgan fingerprint density at radius 1 is 0.891 bits per heavy atom. The fourth-order valence-corrected chi connectivity index (χ4v) is 6.48. The molecule has 0 radical (unpaired) electrons. The largest absolute Gasteiger partial charge is 0.487 e. The van der Waals surface area contributed by atoms with E-state index in [2.05, 4.69) is 80.9 Å². The minimum atomic E-state index is -2.96. The maximum atomic E-state index is 14.3. The lowest BCUT2D eigenvalue weighted by Gasteiger charge is -2.40. The van der Waals surface area contributed by atoms with Crippen LogP contribution in [0.25, 0.3) is 6.08 Å². The second-order valence-electron chi connectivity index (χ2n) is 13.6. The smallest absolute Gasteiger partial charge is 0.296 e. The zero-order valence-corrected chi connectivity index (χ0v) is 29.2. The number of benzene rings is 3. The molecule has 4 rings (SSSR count). The number of unbranched alkanes of at least 4 members (excludes halogenated alkanes) is 3. The van der Waals surface area contributed by atoms with Crippen LogP contribution in [0.5, 0.6) is 5.75 Å². The van der Waals surface area contributed by atoms with Crippen LogP contribution in [-0.4, -0.2) is 41.2 Å². The summed E-state index contributed by atoms with van der Waals surface area (Å²) in [4.78, 5) is 0. The van der Waals surface area contributed by atoms with Crippen LogP contribution in [0.4, 0.5) is 14.5 Å². The van der Waals surface area contributed by atoms with Crippen molar-refractivity contribution in [3.8, 4) is 5.75 Å². The van der Waals surface area contributed by atoms with E-state index in [0.29, 0.717) is 19.8 Å². The van der Waals surface area contributed by atoms with Gasteiger partial charge in [0.2, 0.25) is 0 Å². The summed E-state index contributed by atoms with van der Waals surface area (Å²) in [7, 11) is -2.08. The van der Waals surface area contributed by atoms with E-state index in [1.54, 1.807) is 18.2 Å². The van der Waals surface area contributed by atoms with Gasteiger partial charge < -0.3 is 24.5 Å². The Labute approximate surface area is 275 Å². The standard InChI is InChI=1S/C38H52F2N2O3Si/c1-37(2,3)46(4,5)45-35(27-41-24-14-6-7-15-26-43-29-38(39,40)31-19-12-9-13-20-31)32-22-23-34(36-33(32)21-16-25-42-36)44-28-30-17-10-8-11-18-30/h8-13,16-23,35,41-42H,6-7,14-15,24-29H2,1-5H3. The van der Waals surface area contributed by atoms with Crippen molar-refractivity contribution in [1.82, 2.24) is 5.32 Å². The molecule has 0 fully saturated rings. The predicted octanol–water partition coefficient (Wildman–Crippen LogP) is 9.73. The number of fused-ring (bicyclic) bond motifs is 1. The van der Waals surface area contributed by atoms with E-state index in [4.69, 9.17) is 13.9 Å². The first-order chi connectivity index (χ1) is 22.0. The van der Waals surface area contributed by atoms with Gasteiger partial charge in [0.05, 0.1) is 11.8 Å². The van der Waals surface area contributed by atoms with E-state index < -0.39 is 20.8 Å². The third kappa shape index (κ3) is 10.2. The van der Waals surface area contributed by atoms with E-state index >= 15 is 0 Å². The zero-order valence-electron chi connectivity index (χ0n) is 28.2. The summed E-state index contributed by atoms with van der Waals surface area (Å²) < 4.78 is 47.2. The van der Waals surface area contributed by atoms with Crippen molar-refractivity contribution in [3.05, 3.63) is 101 Å². The maximum Gasteiger partial charge on any atom is 0.296 e. The van der Waals surface area contributed by atoms with Crippen LogP contribution in [0.15, 0.2) is 78.9 Å². The zero-order chi connectivity index (χ0) is 33.0. The number of alkyl halides is 2. The van der Waals surface area contributed by atoms with Crippen molar-refractivity contribution in [2.75, 3.05) is 38.2 Å². The summed E-state index contributed by atoms with van der Waals surface area (Å²) >= 11 is 0. The first-order valence-corrected chi connectivity index (χ1v) is 19.5. The van der Waals surface area contributed by atoms with Gasteiger partial charge in [-0.25, -0.2) is 0 Å². The van der Waals surface area contributed by atoms with Crippen LogP contribution < -0.4 is 15.4 Å². The monoisotopic (exact) mass is 650 g/mol. The molecule has 0 saturated carbocycles. The molecule has 0 amide bonds. The third-order valence-corrected chi connectivity index (χ3v) is 13.4. The number of hydrogen-bond donors (Lipinski definition) is 2. The molecule has 0 bridgehead atoms. The quantitative estimate of drug-likeness (QED) is 0.106. The number of nitrogens with one attached hydrogen (secondary N) is 2. The molecule has 250 valence electrons. The molecule has 1 atom stereocenters. The Kier molecular flexibility index (Phi) is 13.0. The van der Waals surface area contributed by atoms with Crippen LogP contribution >= 0.6 is 0 Å². The second kappa shape index (κ2) is 16.7. The van der Waals surface area contributed by atoms with Gasteiger partial charge in [-0.2, -0.15) is 8.78 Å². The highest BCUT2D eigenvalue weighted by Gasteiger charge is 2.40. The van der Waals surface area contributed by atoms with Gasteiger partial charge in [-0.3, -0.25) is 0 Å². The third-order valence-electron chi connectivity index (χ3n) is 8.95. The van der Waals surface area contributed by atoms with E-state index in [1.165, 1.54) is 12.1 Å². The Morgan fingerprint density at radius 3 is 2.30 bits per heavy atom. The highest BCUT2D eigenvalue weighted by Crippen LogP contribution is 2.43. The molecule has 1 aliphatic heterocycles. The molecule has 3 aromatic carbocycles. The minimum Gasteiger partial charge on any atom is -0.487 e. The fraction of sp³-hybridized carbons (Fsp3) is 0.474. The van der Waals surface area contributed by atoms with Gasteiger partial charge in [-0.15, -0.1) is 0 Å². The Morgan fingerprint density at radius 2 is 1.59 bits per heavy atom. The lowest BCUT2D eigenvalue weighted by atomic mass is 9.97. The first-order valence-electron chi connectivity index (χ1n) is 16.6. The van der Waals surface area contributed by atoms with Crippen LogP contribution in [0.2, 0.25) is 18.1 Å². The molecule has 1 aliphatic rings. The predicted molar refractivity (Wildman–Crippen MR) is 188 cm³/mol. The summed E-state index contributed by atoms with van der Waals surface area (Å²) in [6, 6.07) is 22.3. The highest BCUT2D eigenvalue weighted by atomic mass is 28.4. The molecular weight excluding hydrogens is 599 g/mol. The molecule has 3 aromatic rings. The molecule has 8 heteroatoms. The molecular formula is C38H52F2N2O3Si. The van der Waals surface area contributed by atoms with Crippen molar-refractivity contribution in [3.63, 3.8) is 0 Å². The molecule has 46 heavy (non-hydrogen) atoms. The number of halogens is 2. The van der Waals surface area contributed by atoms with E-state index in [9.17, 15) is 8.78 Å². The van der Waals surface area contributed by atoms with Crippen molar-refractivity contribution < 1.29 is 22.7 Å². The van der Waals surface area contributed by atoms with Gasteiger partial charge in [0.25, 0.3) is 5.92 Å². The SMILES string of the molecule is CC(C)(C)[Si](C)(C)OC(CNCCCCCCOCC(F)(F)c1ccccc1)c1ccc(OCc2ccccc2)c2c1C=CCN2. The summed E-state index contributed by atoms with van der Waals surface area (Å²) in [6.45, 7) is 14.0. The summed E-state index contributed by atoms with van der Waals surface area (Å²) in [5.41, 5.74) is 4.43. The van der Waals surface area contributed by atoms with Gasteiger partial charge in [-0.1, -0.05) is 112 Å². The molecule has 0 spiro atoms. The van der Waals surface area contributed by atoms with Crippen molar-refractivity contribution in [2.45, 2.75) is 83.2 Å². The van der Waals surface area contributed by atoms with Crippen molar-refractivity contribution in [2.24, 2.45) is 0 Å². The molecule has 5 nitrogen and oxygen atoms in total. The average Bonchev–Trinajstić information content (AvgIpc) is 3.04. The van der Waals surface area contributed by atoms with Crippen LogP contribution in [0, 0.1) is 0 Å². The number of anilines is 1. The number of hydrogen-bond acceptors (Lipinski definition) is 5. The van der Waals surface area contributed by atoms with E-state index in [0.717, 1.165) is 66.9 Å². The van der Waals surface area contributed by atoms with Gasteiger partial charge in [0.15, 0.2) is 8.32 Å². The Hall–Kier alpha value is -3.04. The summed E-state index contributed by atoms with van der Waals surface area (Å²) in [6.07, 6.45) is 7.95. The van der Waals surface area contributed by atoms with Gasteiger partial charge in [0, 0.05) is 30.8 Å². The topological polar surface area (TPSA) is 51.8 Å². The molecule has 1 unspecified atom stereocenters. The summed E-state index contributed by atoms with van der Waals surface area (Å²) in [5, 5.41) is 7.28. The van der Waals surface area contributed by atoms with Crippen LogP contribution in [0.1, 0.15) is 74.8 Å². The van der Waals surface area contributed by atoms with Gasteiger partial charge in [-0.05, 0) is 54.7 Å². The molecule has 1 heterocycles. The molecule has 0 aliphatic carbocycles. The molecule has 0 aromatic heterocycles. The first kappa shape index (κ1) is 35.8. The minimum absolute atomic E-state index is 0.00274. The fourth-order valence-electron chi connectivity index (χ4n) is 5.21. The van der Waals surface area contributed by atoms with Crippen LogP contribution in [-0.2, 0) is 21.7 Å². The number of ether oxygens (including phenoxy) is 2. The van der Waals surface area contributed by atoms with E-state index in [-0.39, 0.29) is 16.7 Å². The van der Waals surface area contributed by atoms with E-state index in [1.807, 2.05) is 18.2 Å². The summed E-state index contributed by atoms with van der Waals surface area (Å²) in [5.74, 6) is -2.12. The van der Waals surface area contributed by atoms with Gasteiger partial charge in [0.1, 0.15) is 19.0 Å². The highest BCUT2D eigenvalue weighted by molar-refractivity contribution is 6.74. The molecule has 2 N–H and O–H groups in total. The maximum absolute atomic E-state index is 14.3. The Bertz CT molecular complexity index is 1380. The Balaban J connectivity index is 1.30. The number of rotatable bonds is 18. The molecule has 0 saturated heterocycles. The lowest BCUT2D eigenvalue weighted by Crippen LogP contribution is -2.43. The normalized spacial score (nSPS) is 14.1.